The maximum atomic E-state index is 11.9. The van der Waals surface area contributed by atoms with Gasteiger partial charge in [0.05, 0.1) is 11.5 Å². The lowest BCUT2D eigenvalue weighted by Gasteiger charge is -2.24. The summed E-state index contributed by atoms with van der Waals surface area (Å²) in [4.78, 5) is 30.1. The van der Waals surface area contributed by atoms with Crippen LogP contribution in [0.4, 0.5) is 17.7 Å². The highest BCUT2D eigenvalue weighted by molar-refractivity contribution is 8.00. The fourth-order valence-corrected chi connectivity index (χ4v) is 3.17. The molecule has 0 spiro atoms. The number of aromatic amines is 1. The number of aromatic nitrogens is 4. The van der Waals surface area contributed by atoms with E-state index in [0.29, 0.717) is 23.5 Å². The Morgan fingerprint density at radius 1 is 1.23 bits per heavy atom. The number of carbonyl (C=O) groups excluding carboxylic acids is 2. The van der Waals surface area contributed by atoms with Gasteiger partial charge in [0.15, 0.2) is 5.82 Å². The van der Waals surface area contributed by atoms with Crippen molar-refractivity contribution in [3.63, 3.8) is 0 Å². The molecule has 0 saturated carbocycles. The van der Waals surface area contributed by atoms with Gasteiger partial charge >= 0.3 is 0 Å². The molecule has 0 radical (unpaired) electrons. The van der Waals surface area contributed by atoms with Crippen LogP contribution < -0.4 is 15.5 Å². The number of nitrogens with one attached hydrogen (secondary N) is 3. The lowest BCUT2D eigenvalue weighted by Crippen LogP contribution is -2.30. The first-order valence-corrected chi connectivity index (χ1v) is 9.54. The molecule has 0 aliphatic carbocycles. The van der Waals surface area contributed by atoms with Crippen LogP contribution in [0.2, 0.25) is 0 Å². The fourth-order valence-electron chi connectivity index (χ4n) is 2.55. The van der Waals surface area contributed by atoms with E-state index in [1.807, 2.05) is 0 Å². The molecule has 1 aliphatic heterocycles. The number of amides is 2. The average molecular weight is 379 g/mol. The number of thioether (sulfide) groups is 1. The van der Waals surface area contributed by atoms with Crippen molar-refractivity contribution in [1.82, 2.24) is 20.3 Å². The number of hydrogen-bond acceptors (Lipinski definition) is 8. The van der Waals surface area contributed by atoms with E-state index >= 15 is 0 Å². The lowest BCUT2D eigenvalue weighted by atomic mass is 10.1. The molecule has 0 atom stereocenters. The van der Waals surface area contributed by atoms with Crippen LogP contribution in [-0.2, 0) is 9.59 Å². The van der Waals surface area contributed by atoms with Crippen molar-refractivity contribution in [2.24, 2.45) is 0 Å². The van der Waals surface area contributed by atoms with Crippen molar-refractivity contribution in [2.75, 3.05) is 40.1 Å². The molecule has 10 nitrogen and oxygen atoms in total. The minimum atomic E-state index is -0.249. The number of carbonyl (C=O) groups is 2. The van der Waals surface area contributed by atoms with Gasteiger partial charge in [-0.1, -0.05) is 5.16 Å². The number of hydrogen-bond donors (Lipinski definition) is 3. The minimum Gasteiger partial charge on any atom is -0.360 e. The number of anilines is 3. The van der Waals surface area contributed by atoms with Crippen LogP contribution in [-0.4, -0.2) is 56.7 Å². The molecule has 3 N–H and O–H groups in total. The highest BCUT2D eigenvalue weighted by Crippen LogP contribution is 2.16. The van der Waals surface area contributed by atoms with Crippen molar-refractivity contribution in [2.45, 2.75) is 26.2 Å². The van der Waals surface area contributed by atoms with Crippen LogP contribution in [0.25, 0.3) is 0 Å². The summed E-state index contributed by atoms with van der Waals surface area (Å²) in [5.74, 6) is 1.67. The highest BCUT2D eigenvalue weighted by Gasteiger charge is 2.16. The summed E-state index contributed by atoms with van der Waals surface area (Å²) < 4.78 is 4.86. The molecular weight excluding hydrogens is 358 g/mol. The predicted molar refractivity (Wildman–Crippen MR) is 98.3 cm³/mol. The quantitative estimate of drug-likeness (QED) is 0.658. The van der Waals surface area contributed by atoms with Crippen LogP contribution in [0, 0.1) is 6.92 Å². The molecule has 2 aromatic heterocycles. The topological polar surface area (TPSA) is 129 Å². The van der Waals surface area contributed by atoms with E-state index in [1.165, 1.54) is 18.2 Å². The van der Waals surface area contributed by atoms with E-state index in [9.17, 15) is 9.59 Å². The summed E-state index contributed by atoms with van der Waals surface area (Å²) in [6.07, 6.45) is 3.48. The summed E-state index contributed by atoms with van der Waals surface area (Å²) in [6, 6.07) is 1.62. The molecule has 26 heavy (non-hydrogen) atoms. The molecular formula is C15H21N7O3S. The van der Waals surface area contributed by atoms with Crippen molar-refractivity contribution in [3.05, 3.63) is 11.8 Å². The Morgan fingerprint density at radius 2 is 1.96 bits per heavy atom. The lowest BCUT2D eigenvalue weighted by molar-refractivity contribution is -0.114. The summed E-state index contributed by atoms with van der Waals surface area (Å²) in [7, 11) is 0. The van der Waals surface area contributed by atoms with Gasteiger partial charge in [0.25, 0.3) is 0 Å². The molecule has 2 amide bonds. The van der Waals surface area contributed by atoms with Gasteiger partial charge < -0.3 is 14.7 Å². The summed E-state index contributed by atoms with van der Waals surface area (Å²) in [6.45, 7) is 3.60. The zero-order valence-electron chi connectivity index (χ0n) is 14.4. The van der Waals surface area contributed by atoms with Crippen molar-refractivity contribution in [1.29, 1.82) is 0 Å². The third kappa shape index (κ3) is 5.22. The van der Waals surface area contributed by atoms with E-state index < -0.39 is 0 Å². The minimum absolute atomic E-state index is 0.130. The first kappa shape index (κ1) is 18.2. The molecule has 0 unspecified atom stereocenters. The van der Waals surface area contributed by atoms with Crippen molar-refractivity contribution < 1.29 is 14.1 Å². The van der Waals surface area contributed by atoms with Crippen molar-refractivity contribution >= 4 is 41.3 Å². The molecule has 3 rings (SSSR count). The third-order valence-electron chi connectivity index (χ3n) is 3.73. The summed E-state index contributed by atoms with van der Waals surface area (Å²) in [5.41, 5.74) is 0. The van der Waals surface area contributed by atoms with Gasteiger partial charge in [0, 0.05) is 19.2 Å². The van der Waals surface area contributed by atoms with E-state index in [1.54, 1.807) is 13.0 Å². The maximum Gasteiger partial charge on any atom is 0.246 e. The second kappa shape index (κ2) is 8.70. The van der Waals surface area contributed by atoms with Crippen LogP contribution in [0.1, 0.15) is 25.0 Å². The SMILES string of the molecule is Cc1cc(NC(=O)CSCC(=O)Nc2nc(N3CCCCC3)n[nH]2)no1. The van der Waals surface area contributed by atoms with Gasteiger partial charge in [-0.15, -0.1) is 16.9 Å². The molecule has 1 fully saturated rings. The zero-order valence-corrected chi connectivity index (χ0v) is 15.3. The van der Waals surface area contributed by atoms with Gasteiger partial charge in [0.2, 0.25) is 23.7 Å². The summed E-state index contributed by atoms with van der Waals surface area (Å²) in [5, 5.41) is 15.8. The molecule has 3 heterocycles. The van der Waals surface area contributed by atoms with Gasteiger partial charge in [-0.2, -0.15) is 4.98 Å². The zero-order chi connectivity index (χ0) is 18.4. The Hall–Kier alpha value is -2.56. The Balaban J connectivity index is 1.37. The second-order valence-electron chi connectivity index (χ2n) is 5.94. The largest absolute Gasteiger partial charge is 0.360 e. The molecule has 140 valence electrons. The fraction of sp³-hybridized carbons (Fsp3) is 0.533. The number of piperidine rings is 1. The molecule has 1 aliphatic rings. The average Bonchev–Trinajstić information content (AvgIpc) is 3.25. The van der Waals surface area contributed by atoms with Crippen LogP contribution in [0.5, 0.6) is 0 Å². The smallest absolute Gasteiger partial charge is 0.246 e. The Kier molecular flexibility index (Phi) is 6.10. The van der Waals surface area contributed by atoms with E-state index in [4.69, 9.17) is 4.52 Å². The van der Waals surface area contributed by atoms with Gasteiger partial charge in [-0.25, -0.2) is 5.10 Å². The van der Waals surface area contributed by atoms with Gasteiger partial charge in [0.1, 0.15) is 5.76 Å². The molecule has 0 bridgehead atoms. The van der Waals surface area contributed by atoms with Crippen molar-refractivity contribution in [3.8, 4) is 0 Å². The van der Waals surface area contributed by atoms with E-state index in [-0.39, 0.29) is 23.3 Å². The monoisotopic (exact) mass is 379 g/mol. The van der Waals surface area contributed by atoms with Gasteiger partial charge in [-0.3, -0.25) is 14.9 Å². The van der Waals surface area contributed by atoms with Crippen LogP contribution in [0.3, 0.4) is 0 Å². The Labute approximate surface area is 154 Å². The number of aryl methyl sites for hydroxylation is 1. The normalized spacial score (nSPS) is 14.3. The number of H-pyrrole nitrogens is 1. The van der Waals surface area contributed by atoms with Gasteiger partial charge in [-0.05, 0) is 26.2 Å². The summed E-state index contributed by atoms with van der Waals surface area (Å²) >= 11 is 1.19. The second-order valence-corrected chi connectivity index (χ2v) is 6.93. The van der Waals surface area contributed by atoms with E-state index in [2.05, 4.69) is 35.9 Å². The molecule has 1 saturated heterocycles. The number of nitrogens with zero attached hydrogens (tertiary/aromatic N) is 4. The Bertz CT molecular complexity index is 754. The van der Waals surface area contributed by atoms with E-state index in [0.717, 1.165) is 25.9 Å². The first-order valence-electron chi connectivity index (χ1n) is 8.38. The number of rotatable bonds is 7. The molecule has 11 heteroatoms. The predicted octanol–water partition coefficient (Wildman–Crippen LogP) is 1.40. The third-order valence-corrected chi connectivity index (χ3v) is 4.66. The molecule has 0 aromatic carbocycles. The van der Waals surface area contributed by atoms with Crippen LogP contribution >= 0.6 is 11.8 Å². The maximum absolute atomic E-state index is 11.9. The molecule has 2 aromatic rings. The highest BCUT2D eigenvalue weighted by atomic mass is 32.2. The Morgan fingerprint density at radius 3 is 2.65 bits per heavy atom. The first-order chi connectivity index (χ1) is 12.6. The standard InChI is InChI=1S/C15H21N7O3S/c1-10-7-11(21-25-10)16-12(23)8-26-9-13(24)17-14-18-15(20-19-14)22-5-3-2-4-6-22/h7H,2-6,8-9H2,1H3,(H,16,21,23)(H2,17,18,19,20,24). The van der Waals surface area contributed by atoms with Crippen LogP contribution in [0.15, 0.2) is 10.6 Å².